The van der Waals surface area contributed by atoms with Crippen LogP contribution in [-0.4, -0.2) is 17.5 Å². The van der Waals surface area contributed by atoms with Gasteiger partial charge in [0.15, 0.2) is 0 Å². The molecule has 0 radical (unpaired) electrons. The van der Waals surface area contributed by atoms with Crippen LogP contribution in [0.2, 0.25) is 0 Å². The Kier molecular flexibility index (Phi) is 4.88. The van der Waals surface area contributed by atoms with E-state index in [-0.39, 0.29) is 12.1 Å². The average molecular weight is 247 g/mol. The van der Waals surface area contributed by atoms with Gasteiger partial charge in [0.1, 0.15) is 6.42 Å². The molecule has 5 heteroatoms. The molecule has 0 saturated carbocycles. The number of hydrogen-bond donors (Lipinski definition) is 0. The van der Waals surface area contributed by atoms with Crippen molar-refractivity contribution in [1.29, 1.82) is 0 Å². The molecule has 0 heterocycles. The predicted octanol–water partition coefficient (Wildman–Crippen LogP) is 2.21. The van der Waals surface area contributed by atoms with E-state index >= 15 is 0 Å². The lowest BCUT2D eigenvalue weighted by atomic mass is 10.1. The van der Waals surface area contributed by atoms with E-state index in [9.17, 15) is 14.9 Å². The lowest BCUT2D eigenvalue weighted by molar-refractivity contribution is -0.385. The topological polar surface area (TPSA) is 69.4 Å². The number of benzene rings is 1. The van der Waals surface area contributed by atoms with Crippen molar-refractivity contribution in [3.63, 3.8) is 0 Å². The molecule has 94 valence electrons. The molecular weight excluding hydrogens is 234 g/mol. The minimum absolute atomic E-state index is 0.0179. The normalized spacial score (nSPS) is 9.22. The van der Waals surface area contributed by atoms with Gasteiger partial charge in [-0.2, -0.15) is 0 Å². The van der Waals surface area contributed by atoms with Crippen molar-refractivity contribution >= 4 is 11.7 Å². The maximum Gasteiger partial charge on any atom is 0.317 e. The van der Waals surface area contributed by atoms with Gasteiger partial charge < -0.3 is 4.74 Å². The molecule has 0 unspecified atom stereocenters. The van der Waals surface area contributed by atoms with Gasteiger partial charge in [-0.3, -0.25) is 14.9 Å². The molecule has 1 aromatic carbocycles. The Hall–Kier alpha value is -2.35. The Bertz CT molecular complexity index is 526. The van der Waals surface area contributed by atoms with Crippen LogP contribution in [-0.2, 0) is 9.53 Å². The average Bonchev–Trinajstić information content (AvgIpc) is 2.31. The molecule has 0 N–H and O–H groups in total. The third-order valence-corrected chi connectivity index (χ3v) is 2.26. The maximum atomic E-state index is 11.1. The molecule has 0 bridgehead atoms. The molecule has 0 atom stereocenters. The van der Waals surface area contributed by atoms with Gasteiger partial charge in [-0.1, -0.05) is 17.9 Å². The molecule has 1 rings (SSSR count). The molecule has 0 amide bonds. The van der Waals surface area contributed by atoms with Gasteiger partial charge in [-0.25, -0.2) is 0 Å². The number of ether oxygens (including phenoxy) is 1. The summed E-state index contributed by atoms with van der Waals surface area (Å²) in [6.07, 6.45) is -0.0179. The zero-order valence-corrected chi connectivity index (χ0v) is 10.2. The summed E-state index contributed by atoms with van der Waals surface area (Å²) in [6, 6.07) is 4.67. The lowest BCUT2D eigenvalue weighted by Crippen LogP contribution is -2.01. The number of hydrogen-bond acceptors (Lipinski definition) is 4. The predicted molar refractivity (Wildman–Crippen MR) is 66.0 cm³/mol. The summed E-state index contributed by atoms with van der Waals surface area (Å²) in [5.74, 6) is 4.99. The van der Waals surface area contributed by atoms with Gasteiger partial charge in [-0.15, -0.1) is 0 Å². The fourth-order valence-electron chi connectivity index (χ4n) is 1.38. The molecule has 1 aromatic rings. The number of esters is 1. The smallest absolute Gasteiger partial charge is 0.317 e. The first kappa shape index (κ1) is 13.7. The van der Waals surface area contributed by atoms with Crippen molar-refractivity contribution in [3.8, 4) is 11.8 Å². The molecule has 0 saturated heterocycles. The highest BCUT2D eigenvalue weighted by atomic mass is 16.6. The van der Waals surface area contributed by atoms with Crippen LogP contribution >= 0.6 is 0 Å². The minimum Gasteiger partial charge on any atom is -0.465 e. The Morgan fingerprint density at radius 3 is 2.83 bits per heavy atom. The third-order valence-electron chi connectivity index (χ3n) is 2.26. The van der Waals surface area contributed by atoms with Crippen LogP contribution in [0.1, 0.15) is 24.5 Å². The zero-order chi connectivity index (χ0) is 13.5. The van der Waals surface area contributed by atoms with Gasteiger partial charge in [0.2, 0.25) is 0 Å². The molecule has 0 aliphatic rings. The Balaban J connectivity index is 2.86. The Labute approximate surface area is 105 Å². The highest BCUT2D eigenvalue weighted by molar-refractivity contribution is 5.72. The quantitative estimate of drug-likeness (QED) is 0.355. The van der Waals surface area contributed by atoms with Crippen molar-refractivity contribution in [2.24, 2.45) is 0 Å². The van der Waals surface area contributed by atoms with E-state index in [4.69, 9.17) is 4.74 Å². The fourth-order valence-corrected chi connectivity index (χ4v) is 1.38. The van der Waals surface area contributed by atoms with Crippen LogP contribution < -0.4 is 0 Å². The van der Waals surface area contributed by atoms with Crippen LogP contribution in [0.5, 0.6) is 0 Å². The van der Waals surface area contributed by atoms with E-state index in [2.05, 4.69) is 11.8 Å². The number of rotatable bonds is 3. The zero-order valence-electron chi connectivity index (χ0n) is 10.2. The Morgan fingerprint density at radius 1 is 1.50 bits per heavy atom. The van der Waals surface area contributed by atoms with E-state index in [1.807, 2.05) is 0 Å². The van der Waals surface area contributed by atoms with Crippen molar-refractivity contribution < 1.29 is 14.5 Å². The van der Waals surface area contributed by atoms with Crippen molar-refractivity contribution in [1.82, 2.24) is 0 Å². The number of carbonyl (C=O) groups is 1. The first-order chi connectivity index (χ1) is 8.56. The molecule has 0 aliphatic carbocycles. The molecule has 0 fully saturated rings. The van der Waals surface area contributed by atoms with Crippen LogP contribution in [0.15, 0.2) is 18.2 Å². The standard InChI is InChI=1S/C13H13NO4/c1-3-18-13(15)9-5-7-11-6-4-8-12(10(11)2)14(16)17/h4,6,8H,3,9H2,1-2H3. The molecule has 5 nitrogen and oxygen atoms in total. The maximum absolute atomic E-state index is 11.1. The van der Waals surface area contributed by atoms with Crippen molar-refractivity contribution in [2.45, 2.75) is 20.3 Å². The summed E-state index contributed by atoms with van der Waals surface area (Å²) in [4.78, 5) is 21.3. The minimum atomic E-state index is -0.453. The van der Waals surface area contributed by atoms with E-state index in [1.54, 1.807) is 26.0 Å². The second-order valence-corrected chi connectivity index (χ2v) is 3.49. The lowest BCUT2D eigenvalue weighted by Gasteiger charge is -1.99. The molecule has 0 aliphatic heterocycles. The second kappa shape index (κ2) is 6.40. The number of carbonyl (C=O) groups excluding carboxylic acids is 1. The van der Waals surface area contributed by atoms with Crippen LogP contribution in [0.3, 0.4) is 0 Å². The van der Waals surface area contributed by atoms with Gasteiger partial charge in [0.25, 0.3) is 5.69 Å². The van der Waals surface area contributed by atoms with Crippen LogP contribution in [0.25, 0.3) is 0 Å². The van der Waals surface area contributed by atoms with Crippen molar-refractivity contribution in [2.75, 3.05) is 6.61 Å². The molecular formula is C13H13NO4. The summed E-state index contributed by atoms with van der Waals surface area (Å²) in [6.45, 7) is 3.67. The number of nitrogens with zero attached hydrogens (tertiary/aromatic N) is 1. The summed E-state index contributed by atoms with van der Waals surface area (Å²) in [5.41, 5.74) is 1.07. The van der Waals surface area contributed by atoms with Gasteiger partial charge in [0.05, 0.1) is 11.5 Å². The Morgan fingerprint density at radius 2 is 2.22 bits per heavy atom. The SMILES string of the molecule is CCOC(=O)CC#Cc1cccc([N+](=O)[O-])c1C. The second-order valence-electron chi connectivity index (χ2n) is 3.49. The third kappa shape index (κ3) is 3.59. The van der Waals surface area contributed by atoms with Gasteiger partial charge >= 0.3 is 5.97 Å². The van der Waals surface area contributed by atoms with Gasteiger partial charge in [0, 0.05) is 17.2 Å². The van der Waals surface area contributed by atoms with Crippen molar-refractivity contribution in [3.05, 3.63) is 39.4 Å². The van der Waals surface area contributed by atoms with Gasteiger partial charge in [-0.05, 0) is 19.9 Å². The molecule has 18 heavy (non-hydrogen) atoms. The highest BCUT2D eigenvalue weighted by Gasteiger charge is 2.11. The first-order valence-electron chi connectivity index (χ1n) is 5.44. The van der Waals surface area contributed by atoms with E-state index in [0.717, 1.165) is 0 Å². The van der Waals surface area contributed by atoms with Crippen LogP contribution in [0.4, 0.5) is 5.69 Å². The highest BCUT2D eigenvalue weighted by Crippen LogP contribution is 2.20. The fraction of sp³-hybridized carbons (Fsp3) is 0.308. The monoisotopic (exact) mass is 247 g/mol. The van der Waals surface area contributed by atoms with E-state index < -0.39 is 10.9 Å². The van der Waals surface area contributed by atoms with E-state index in [1.165, 1.54) is 6.07 Å². The van der Waals surface area contributed by atoms with Crippen LogP contribution in [0, 0.1) is 28.9 Å². The first-order valence-corrected chi connectivity index (χ1v) is 5.44. The summed E-state index contributed by atoms with van der Waals surface area (Å²) < 4.78 is 4.72. The largest absolute Gasteiger partial charge is 0.465 e. The van der Waals surface area contributed by atoms with E-state index in [0.29, 0.717) is 17.7 Å². The summed E-state index contributed by atoms with van der Waals surface area (Å²) in [7, 11) is 0. The number of nitro groups is 1. The molecule has 0 aromatic heterocycles. The molecule has 0 spiro atoms. The summed E-state index contributed by atoms with van der Waals surface area (Å²) >= 11 is 0. The summed E-state index contributed by atoms with van der Waals surface area (Å²) in [5, 5.41) is 10.7. The number of nitro benzene ring substituents is 1.